The fourth-order valence-electron chi connectivity index (χ4n) is 1.82. The zero-order chi connectivity index (χ0) is 11.5. The average Bonchev–Trinajstić information content (AvgIpc) is 2.74. The van der Waals surface area contributed by atoms with Gasteiger partial charge in [0.1, 0.15) is 17.2 Å². The van der Waals surface area contributed by atoms with Crippen LogP contribution in [0.1, 0.15) is 6.42 Å². The van der Waals surface area contributed by atoms with Crippen molar-refractivity contribution in [3.05, 3.63) is 29.4 Å². The predicted molar refractivity (Wildman–Crippen MR) is 65.4 cm³/mol. The molecule has 16 heavy (non-hydrogen) atoms. The third-order valence-electron chi connectivity index (χ3n) is 2.58. The van der Waals surface area contributed by atoms with E-state index in [0.29, 0.717) is 0 Å². The Labute approximate surface area is 100 Å². The predicted octanol–water partition coefficient (Wildman–Crippen LogP) is 2.99. The fraction of sp³-hybridized carbons (Fsp3) is 0.333. The first-order valence-corrected chi connectivity index (χ1v) is 5.48. The largest absolute Gasteiger partial charge is 0.494 e. The molecule has 1 heterocycles. The number of hydrogen-bond acceptors (Lipinski definition) is 3. The number of nitrogens with zero attached hydrogens (tertiary/aromatic N) is 1. The quantitative estimate of drug-likeness (QED) is 0.810. The number of hydrogen-bond donors (Lipinski definition) is 0. The first-order chi connectivity index (χ1) is 7.76. The van der Waals surface area contributed by atoms with Crippen LogP contribution in [0, 0.1) is 0 Å². The Morgan fingerprint density at radius 3 is 2.25 bits per heavy atom. The number of rotatable bonds is 3. The molecule has 0 atom stereocenters. The molecule has 1 aliphatic heterocycles. The van der Waals surface area contributed by atoms with E-state index >= 15 is 0 Å². The highest BCUT2D eigenvalue weighted by Crippen LogP contribution is 2.40. The van der Waals surface area contributed by atoms with E-state index in [2.05, 4.69) is 4.90 Å². The Balaban J connectivity index is 2.44. The van der Waals surface area contributed by atoms with E-state index in [1.165, 1.54) is 0 Å². The molecule has 0 N–H and O–H groups in total. The topological polar surface area (TPSA) is 21.7 Å². The van der Waals surface area contributed by atoms with E-state index < -0.39 is 0 Å². The molecule has 0 spiro atoms. The molecule has 0 amide bonds. The van der Waals surface area contributed by atoms with E-state index in [9.17, 15) is 0 Å². The van der Waals surface area contributed by atoms with E-state index in [0.717, 1.165) is 35.2 Å². The number of para-hydroxylation sites is 1. The second-order valence-corrected chi connectivity index (χ2v) is 4.02. The van der Waals surface area contributed by atoms with Crippen LogP contribution < -0.4 is 14.4 Å². The second-order valence-electron chi connectivity index (χ2n) is 3.53. The summed E-state index contributed by atoms with van der Waals surface area (Å²) in [6, 6.07) is 5.73. The van der Waals surface area contributed by atoms with Crippen molar-refractivity contribution in [3.8, 4) is 11.5 Å². The van der Waals surface area contributed by atoms with Crippen molar-refractivity contribution in [2.24, 2.45) is 0 Å². The lowest BCUT2D eigenvalue weighted by Gasteiger charge is -2.21. The number of ether oxygens (including phenoxy) is 2. The summed E-state index contributed by atoms with van der Waals surface area (Å²) >= 11 is 5.99. The first kappa shape index (κ1) is 11.1. The lowest BCUT2D eigenvalue weighted by Crippen LogP contribution is -2.14. The standard InChI is InChI=1S/C12H14ClNO2/c1-15-10-4-3-5-11(16-2)12(10)14-7-6-9(13)8-14/h3-5,8H,6-7H2,1-2H3. The molecule has 1 aromatic carbocycles. The van der Waals surface area contributed by atoms with Gasteiger partial charge in [-0.15, -0.1) is 0 Å². The van der Waals surface area contributed by atoms with E-state index in [4.69, 9.17) is 21.1 Å². The Morgan fingerprint density at radius 2 is 1.81 bits per heavy atom. The van der Waals surface area contributed by atoms with Gasteiger partial charge in [0.25, 0.3) is 0 Å². The molecular formula is C12H14ClNO2. The summed E-state index contributed by atoms with van der Waals surface area (Å²) in [5, 5.41) is 0.855. The molecule has 86 valence electrons. The smallest absolute Gasteiger partial charge is 0.146 e. The molecule has 3 nitrogen and oxygen atoms in total. The van der Waals surface area contributed by atoms with E-state index in [-0.39, 0.29) is 0 Å². The summed E-state index contributed by atoms with van der Waals surface area (Å²) in [7, 11) is 3.30. The van der Waals surface area contributed by atoms with Gasteiger partial charge in [-0.25, -0.2) is 0 Å². The van der Waals surface area contributed by atoms with Gasteiger partial charge in [0.2, 0.25) is 0 Å². The van der Waals surface area contributed by atoms with Gasteiger partial charge in [0.05, 0.1) is 14.2 Å². The lowest BCUT2D eigenvalue weighted by atomic mass is 10.2. The van der Waals surface area contributed by atoms with Crippen molar-refractivity contribution in [2.45, 2.75) is 6.42 Å². The molecule has 0 saturated heterocycles. The number of benzene rings is 1. The van der Waals surface area contributed by atoms with Gasteiger partial charge in [-0.1, -0.05) is 17.7 Å². The van der Waals surface area contributed by atoms with Gasteiger partial charge >= 0.3 is 0 Å². The van der Waals surface area contributed by atoms with Crippen LogP contribution in [0.4, 0.5) is 5.69 Å². The molecule has 0 aromatic heterocycles. The second kappa shape index (κ2) is 4.66. The van der Waals surface area contributed by atoms with Crippen LogP contribution in [-0.4, -0.2) is 20.8 Å². The Morgan fingerprint density at radius 1 is 1.19 bits per heavy atom. The number of methoxy groups -OCH3 is 2. The summed E-state index contributed by atoms with van der Waals surface area (Å²) in [6.07, 6.45) is 2.78. The van der Waals surface area contributed by atoms with Crippen molar-refractivity contribution < 1.29 is 9.47 Å². The molecule has 1 aromatic rings. The maximum Gasteiger partial charge on any atom is 0.146 e. The van der Waals surface area contributed by atoms with Crippen LogP contribution in [0.15, 0.2) is 29.4 Å². The summed E-state index contributed by atoms with van der Waals surface area (Å²) in [6.45, 7) is 0.857. The maximum absolute atomic E-state index is 5.99. The molecular weight excluding hydrogens is 226 g/mol. The molecule has 0 radical (unpaired) electrons. The molecule has 4 heteroatoms. The fourth-order valence-corrected chi connectivity index (χ4v) is 2.02. The van der Waals surface area contributed by atoms with Crippen LogP contribution in [0.2, 0.25) is 0 Å². The third kappa shape index (κ3) is 1.95. The highest BCUT2D eigenvalue weighted by molar-refractivity contribution is 6.30. The highest BCUT2D eigenvalue weighted by Gasteiger charge is 2.20. The Hall–Kier alpha value is -1.35. The van der Waals surface area contributed by atoms with Crippen molar-refractivity contribution >= 4 is 17.3 Å². The molecule has 0 fully saturated rings. The van der Waals surface area contributed by atoms with Crippen LogP contribution >= 0.6 is 11.6 Å². The first-order valence-electron chi connectivity index (χ1n) is 5.10. The maximum atomic E-state index is 5.99. The van der Waals surface area contributed by atoms with Gasteiger partial charge in [-0.2, -0.15) is 0 Å². The Bertz CT molecular complexity index is 395. The number of halogens is 1. The van der Waals surface area contributed by atoms with Gasteiger partial charge in [0, 0.05) is 24.2 Å². The van der Waals surface area contributed by atoms with Crippen LogP contribution in [0.3, 0.4) is 0 Å². The van der Waals surface area contributed by atoms with Crippen molar-refractivity contribution in [1.29, 1.82) is 0 Å². The molecule has 0 aliphatic carbocycles. The van der Waals surface area contributed by atoms with Crippen molar-refractivity contribution in [1.82, 2.24) is 0 Å². The number of anilines is 1. The zero-order valence-corrected chi connectivity index (χ0v) is 10.1. The van der Waals surface area contributed by atoms with E-state index in [1.807, 2.05) is 24.4 Å². The lowest BCUT2D eigenvalue weighted by molar-refractivity contribution is 0.395. The van der Waals surface area contributed by atoms with Gasteiger partial charge in [-0.05, 0) is 12.1 Å². The minimum Gasteiger partial charge on any atom is -0.494 e. The van der Waals surface area contributed by atoms with Crippen LogP contribution in [0.25, 0.3) is 0 Å². The molecule has 1 aliphatic rings. The monoisotopic (exact) mass is 239 g/mol. The molecule has 0 bridgehead atoms. The van der Waals surface area contributed by atoms with Gasteiger partial charge < -0.3 is 14.4 Å². The van der Waals surface area contributed by atoms with Crippen LogP contribution in [0.5, 0.6) is 11.5 Å². The molecule has 0 saturated carbocycles. The molecule has 2 rings (SSSR count). The molecule has 0 unspecified atom stereocenters. The highest BCUT2D eigenvalue weighted by atomic mass is 35.5. The summed E-state index contributed by atoms with van der Waals surface area (Å²) in [5.74, 6) is 1.59. The Kier molecular flexibility index (Phi) is 3.25. The average molecular weight is 240 g/mol. The van der Waals surface area contributed by atoms with Crippen molar-refractivity contribution in [3.63, 3.8) is 0 Å². The van der Waals surface area contributed by atoms with Crippen LogP contribution in [-0.2, 0) is 0 Å². The summed E-state index contributed by atoms with van der Waals surface area (Å²) in [4.78, 5) is 2.06. The van der Waals surface area contributed by atoms with Gasteiger partial charge in [-0.3, -0.25) is 0 Å². The van der Waals surface area contributed by atoms with E-state index in [1.54, 1.807) is 14.2 Å². The third-order valence-corrected chi connectivity index (χ3v) is 2.86. The normalized spacial score (nSPS) is 14.9. The van der Waals surface area contributed by atoms with Crippen molar-refractivity contribution in [2.75, 3.05) is 25.7 Å². The van der Waals surface area contributed by atoms with Gasteiger partial charge in [0.15, 0.2) is 0 Å². The SMILES string of the molecule is COc1cccc(OC)c1N1C=C(Cl)CC1. The minimum atomic E-state index is 0.793. The summed E-state index contributed by atoms with van der Waals surface area (Å²) < 4.78 is 10.7. The minimum absolute atomic E-state index is 0.793. The zero-order valence-electron chi connectivity index (χ0n) is 9.37. The summed E-state index contributed by atoms with van der Waals surface area (Å²) in [5.41, 5.74) is 0.933.